The van der Waals surface area contributed by atoms with E-state index in [4.69, 9.17) is 10.5 Å². The molecule has 1 aromatic rings. The molecule has 1 saturated carbocycles. The van der Waals surface area contributed by atoms with E-state index >= 15 is 0 Å². The quantitative estimate of drug-likeness (QED) is 0.850. The van der Waals surface area contributed by atoms with Crippen molar-refractivity contribution in [2.75, 3.05) is 19.7 Å². The van der Waals surface area contributed by atoms with Crippen LogP contribution in [-0.2, 0) is 4.79 Å². The van der Waals surface area contributed by atoms with Crippen LogP contribution >= 0.6 is 0 Å². The molecule has 1 heterocycles. The van der Waals surface area contributed by atoms with Gasteiger partial charge in [0.15, 0.2) is 6.61 Å². The number of likely N-dealkylation sites (tertiary alicyclic amines) is 1. The summed E-state index contributed by atoms with van der Waals surface area (Å²) in [5.41, 5.74) is 6.43. The first-order valence-corrected chi connectivity index (χ1v) is 9.19. The van der Waals surface area contributed by atoms with Gasteiger partial charge >= 0.3 is 0 Å². The van der Waals surface area contributed by atoms with E-state index in [2.05, 4.69) is 5.32 Å². The minimum Gasteiger partial charge on any atom is -0.484 e. The topological polar surface area (TPSA) is 84.7 Å². The number of hydrogen-bond donors (Lipinski definition) is 2. The Kier molecular flexibility index (Phi) is 5.91. The molecule has 3 rings (SSSR count). The van der Waals surface area contributed by atoms with Gasteiger partial charge in [0.25, 0.3) is 11.8 Å². The molecule has 2 fully saturated rings. The number of nitrogens with one attached hydrogen (secondary N) is 1. The fraction of sp³-hybridized carbons (Fsp3) is 0.579. The second-order valence-corrected chi connectivity index (χ2v) is 7.00. The van der Waals surface area contributed by atoms with Crippen LogP contribution in [0.15, 0.2) is 24.3 Å². The summed E-state index contributed by atoms with van der Waals surface area (Å²) in [6.45, 7) is 1.64. The van der Waals surface area contributed by atoms with Gasteiger partial charge in [-0.25, -0.2) is 0 Å². The molecule has 0 bridgehead atoms. The van der Waals surface area contributed by atoms with E-state index in [0.717, 1.165) is 45.2 Å². The molecule has 1 aliphatic carbocycles. The number of carbonyl (C=O) groups excluding carboxylic acids is 2. The van der Waals surface area contributed by atoms with Crippen molar-refractivity contribution in [2.45, 2.75) is 50.6 Å². The highest BCUT2D eigenvalue weighted by Crippen LogP contribution is 2.19. The molecule has 6 nitrogen and oxygen atoms in total. The molecule has 6 heteroatoms. The molecule has 1 aromatic carbocycles. The lowest BCUT2D eigenvalue weighted by Crippen LogP contribution is -2.38. The van der Waals surface area contributed by atoms with Crippen LogP contribution in [0.3, 0.4) is 0 Å². The van der Waals surface area contributed by atoms with E-state index in [1.165, 1.54) is 6.42 Å². The van der Waals surface area contributed by atoms with Gasteiger partial charge in [0.2, 0.25) is 0 Å². The third kappa shape index (κ3) is 4.95. The highest BCUT2D eigenvalue weighted by atomic mass is 16.5. The predicted octanol–water partition coefficient (Wildman–Crippen LogP) is 1.69. The van der Waals surface area contributed by atoms with Crippen LogP contribution in [0.2, 0.25) is 0 Å². The van der Waals surface area contributed by atoms with Crippen molar-refractivity contribution in [3.63, 3.8) is 0 Å². The summed E-state index contributed by atoms with van der Waals surface area (Å²) in [7, 11) is 0. The van der Waals surface area contributed by atoms with E-state index in [-0.39, 0.29) is 30.5 Å². The Morgan fingerprint density at radius 3 is 2.72 bits per heavy atom. The van der Waals surface area contributed by atoms with Crippen LogP contribution in [0.1, 0.15) is 48.9 Å². The Morgan fingerprint density at radius 2 is 2.00 bits per heavy atom. The van der Waals surface area contributed by atoms with Crippen LogP contribution in [0.25, 0.3) is 0 Å². The number of benzene rings is 1. The maximum atomic E-state index is 12.4. The highest BCUT2D eigenvalue weighted by Gasteiger charge is 2.23. The van der Waals surface area contributed by atoms with Crippen LogP contribution in [0.4, 0.5) is 0 Å². The monoisotopic (exact) mass is 345 g/mol. The Labute approximate surface area is 148 Å². The first-order chi connectivity index (χ1) is 12.1. The summed E-state index contributed by atoms with van der Waals surface area (Å²) >= 11 is 0. The molecule has 2 aliphatic rings. The van der Waals surface area contributed by atoms with Crippen molar-refractivity contribution in [1.82, 2.24) is 10.2 Å². The van der Waals surface area contributed by atoms with Gasteiger partial charge < -0.3 is 20.7 Å². The number of rotatable bonds is 5. The Morgan fingerprint density at radius 1 is 1.20 bits per heavy atom. The van der Waals surface area contributed by atoms with Crippen LogP contribution in [-0.4, -0.2) is 48.5 Å². The molecular weight excluding hydrogens is 318 g/mol. The Bertz CT molecular complexity index is 614. The molecule has 3 N–H and O–H groups in total. The zero-order valence-electron chi connectivity index (χ0n) is 14.6. The molecule has 2 amide bonds. The summed E-state index contributed by atoms with van der Waals surface area (Å²) in [5.74, 6) is 0.433. The van der Waals surface area contributed by atoms with E-state index in [9.17, 15) is 9.59 Å². The third-order valence-corrected chi connectivity index (χ3v) is 4.98. The molecule has 0 radical (unpaired) electrons. The predicted molar refractivity (Wildman–Crippen MR) is 95.4 cm³/mol. The van der Waals surface area contributed by atoms with Crippen molar-refractivity contribution >= 4 is 11.8 Å². The smallest absolute Gasteiger partial charge is 0.260 e. The van der Waals surface area contributed by atoms with Gasteiger partial charge in [-0.2, -0.15) is 0 Å². The first-order valence-electron chi connectivity index (χ1n) is 9.19. The second kappa shape index (κ2) is 8.34. The number of nitrogens with zero attached hydrogens (tertiary/aromatic N) is 1. The van der Waals surface area contributed by atoms with Gasteiger partial charge in [-0.15, -0.1) is 0 Å². The van der Waals surface area contributed by atoms with Crippen molar-refractivity contribution < 1.29 is 14.3 Å². The van der Waals surface area contributed by atoms with Crippen LogP contribution in [0, 0.1) is 0 Å². The van der Waals surface area contributed by atoms with Crippen molar-refractivity contribution in [1.29, 1.82) is 0 Å². The average Bonchev–Trinajstić information content (AvgIpc) is 3.05. The Hall–Kier alpha value is -2.08. The summed E-state index contributed by atoms with van der Waals surface area (Å²) in [6.07, 6.45) is 6.01. The zero-order valence-corrected chi connectivity index (χ0v) is 14.6. The van der Waals surface area contributed by atoms with Gasteiger partial charge in [0.05, 0.1) is 0 Å². The lowest BCUT2D eigenvalue weighted by Gasteiger charge is -2.26. The molecule has 0 aromatic heterocycles. The van der Waals surface area contributed by atoms with Gasteiger partial charge in [-0.1, -0.05) is 6.07 Å². The molecule has 1 aliphatic heterocycles. The third-order valence-electron chi connectivity index (χ3n) is 4.98. The fourth-order valence-electron chi connectivity index (χ4n) is 3.52. The summed E-state index contributed by atoms with van der Waals surface area (Å²) in [6, 6.07) is 7.31. The van der Waals surface area contributed by atoms with Gasteiger partial charge in [0, 0.05) is 30.7 Å². The summed E-state index contributed by atoms with van der Waals surface area (Å²) in [5, 5.41) is 3.02. The standard InChI is InChI=1S/C19H27N3O3/c20-15-7-8-16(12-15)21-19(24)14-5-4-6-17(11-14)25-13-18(23)22-9-2-1-3-10-22/h4-6,11,15-16H,1-3,7-10,12-13,20H2,(H,21,24). The first kappa shape index (κ1) is 17.7. The minimum absolute atomic E-state index is 0.00879. The van der Waals surface area contributed by atoms with Crippen molar-refractivity contribution in [3.8, 4) is 5.75 Å². The maximum Gasteiger partial charge on any atom is 0.260 e. The van der Waals surface area contributed by atoms with E-state index in [0.29, 0.717) is 11.3 Å². The molecule has 2 unspecified atom stereocenters. The van der Waals surface area contributed by atoms with Gasteiger partial charge in [-0.3, -0.25) is 9.59 Å². The largest absolute Gasteiger partial charge is 0.484 e. The molecule has 0 spiro atoms. The number of ether oxygens (including phenoxy) is 1. The van der Waals surface area contributed by atoms with E-state index < -0.39 is 0 Å². The number of carbonyl (C=O) groups is 2. The lowest BCUT2D eigenvalue weighted by molar-refractivity contribution is -0.134. The lowest BCUT2D eigenvalue weighted by atomic mass is 10.1. The number of hydrogen-bond acceptors (Lipinski definition) is 4. The summed E-state index contributed by atoms with van der Waals surface area (Å²) in [4.78, 5) is 26.4. The Balaban J connectivity index is 1.52. The number of amides is 2. The zero-order chi connectivity index (χ0) is 17.6. The molecule has 25 heavy (non-hydrogen) atoms. The average molecular weight is 345 g/mol. The van der Waals surface area contributed by atoms with E-state index in [1.807, 2.05) is 4.90 Å². The van der Waals surface area contributed by atoms with Crippen LogP contribution < -0.4 is 15.8 Å². The normalized spacial score (nSPS) is 23.3. The number of nitrogens with two attached hydrogens (primary N) is 1. The van der Waals surface area contributed by atoms with Crippen molar-refractivity contribution in [2.24, 2.45) is 5.73 Å². The SMILES string of the molecule is NC1CCC(NC(=O)c2cccc(OCC(=O)N3CCCCC3)c2)C1. The maximum absolute atomic E-state index is 12.4. The van der Waals surface area contributed by atoms with Gasteiger partial charge in [-0.05, 0) is 56.7 Å². The van der Waals surface area contributed by atoms with Crippen LogP contribution in [0.5, 0.6) is 5.75 Å². The molecular formula is C19H27N3O3. The summed E-state index contributed by atoms with van der Waals surface area (Å²) < 4.78 is 5.61. The van der Waals surface area contributed by atoms with Gasteiger partial charge in [0.1, 0.15) is 5.75 Å². The second-order valence-electron chi connectivity index (χ2n) is 7.00. The fourth-order valence-corrected chi connectivity index (χ4v) is 3.52. The molecule has 1 saturated heterocycles. The highest BCUT2D eigenvalue weighted by molar-refractivity contribution is 5.94. The molecule has 136 valence electrons. The molecule has 2 atom stereocenters. The van der Waals surface area contributed by atoms with Crippen molar-refractivity contribution in [3.05, 3.63) is 29.8 Å². The van der Waals surface area contributed by atoms with E-state index in [1.54, 1.807) is 24.3 Å². The minimum atomic E-state index is -0.119. The number of piperidine rings is 1.